The van der Waals surface area contributed by atoms with Crippen LogP contribution in [0.2, 0.25) is 0 Å². The van der Waals surface area contributed by atoms with Crippen LogP contribution in [0, 0.1) is 4.91 Å². The molecular weight excluding hydrogens is 693 g/mol. The topological polar surface area (TPSA) is 131 Å². The summed E-state index contributed by atoms with van der Waals surface area (Å²) in [6, 6.07) is 28.0. The van der Waals surface area contributed by atoms with Gasteiger partial charge in [-0.2, -0.15) is 0 Å². The molecule has 19 heteroatoms. The Bertz CT molecular complexity index is 1480. The van der Waals surface area contributed by atoms with Gasteiger partial charge in [-0.1, -0.05) is 42.5 Å². The largest absolute Gasteiger partial charge is 3.00 e. The van der Waals surface area contributed by atoms with E-state index >= 15 is 0 Å². The van der Waals surface area contributed by atoms with Gasteiger partial charge in [-0.3, -0.25) is 9.97 Å². The number of aromatic nitrogens is 4. The molecule has 5 rings (SSSR count). The van der Waals surface area contributed by atoms with E-state index in [0.29, 0.717) is 5.52 Å². The minimum absolute atomic E-state index is 0. The zero-order valence-electron chi connectivity index (χ0n) is 21.8. The van der Waals surface area contributed by atoms with Crippen LogP contribution in [0.5, 0.6) is 0 Å². The SMILES string of the molecule is F[B-](F)(F)F.F[B-](F)(F)F.O=C([O-])c1ccc2ccccc2n1.[N]=O.[Ru+3].c1ccc(-c2cccc(-c3ccccn3)n2)nc1. The molecule has 0 N–H and O–H groups in total. The maximum atomic E-state index is 10.5. The molecule has 0 spiro atoms. The van der Waals surface area contributed by atoms with Crippen LogP contribution in [0.25, 0.3) is 33.7 Å². The van der Waals surface area contributed by atoms with Crippen molar-refractivity contribution in [2.24, 2.45) is 0 Å². The normalized spacial score (nSPS) is 10.0. The van der Waals surface area contributed by atoms with Gasteiger partial charge in [0.25, 0.3) is 0 Å². The number of carboxylic acid groups (broad SMARTS) is 1. The Kier molecular flexibility index (Phi) is 17.5. The van der Waals surface area contributed by atoms with Crippen LogP contribution in [0.15, 0.2) is 103 Å². The number of nitrogens with zero attached hydrogens (tertiary/aromatic N) is 5. The number of carbonyl (C=O) groups excluding carboxylic acids is 1. The van der Waals surface area contributed by atoms with Gasteiger partial charge in [0.2, 0.25) is 0 Å². The summed E-state index contributed by atoms with van der Waals surface area (Å²) >= 11 is 0. The van der Waals surface area contributed by atoms with E-state index in [4.69, 9.17) is 10.5 Å². The fraction of sp³-hybridized carbons (Fsp3) is 0. The van der Waals surface area contributed by atoms with Crippen LogP contribution in [0.4, 0.5) is 34.5 Å². The van der Waals surface area contributed by atoms with Crippen LogP contribution in [-0.2, 0) is 19.5 Å². The number of halogens is 8. The predicted molar refractivity (Wildman–Crippen MR) is 143 cm³/mol. The zero-order chi connectivity index (χ0) is 32.5. The van der Waals surface area contributed by atoms with Crippen LogP contribution in [0.1, 0.15) is 10.5 Å². The molecule has 0 amide bonds. The van der Waals surface area contributed by atoms with Gasteiger partial charge >= 0.3 is 34.0 Å². The molecule has 44 heavy (non-hydrogen) atoms. The van der Waals surface area contributed by atoms with E-state index in [9.17, 15) is 44.4 Å². The van der Waals surface area contributed by atoms with Gasteiger partial charge in [0, 0.05) is 17.8 Å². The van der Waals surface area contributed by atoms with Crippen molar-refractivity contribution in [2.45, 2.75) is 0 Å². The van der Waals surface area contributed by atoms with E-state index in [-0.39, 0.29) is 25.2 Å². The van der Waals surface area contributed by atoms with Crippen molar-refractivity contribution < 1.29 is 63.9 Å². The monoisotopic (exact) mass is 711 g/mol. The van der Waals surface area contributed by atoms with Crippen LogP contribution in [0.3, 0.4) is 0 Å². The minimum Gasteiger partial charge on any atom is -0.543 e. The number of hydrogen-bond acceptors (Lipinski definition) is 7. The molecule has 2 radical (unpaired) electrons. The second-order valence-corrected chi connectivity index (χ2v) is 7.50. The Hall–Kier alpha value is -4.66. The first-order valence-electron chi connectivity index (χ1n) is 11.5. The molecule has 4 aromatic heterocycles. The Morgan fingerprint density at radius 2 is 0.977 bits per heavy atom. The molecule has 0 bridgehead atoms. The summed E-state index contributed by atoms with van der Waals surface area (Å²) in [5, 5.41) is 11.4. The number of rotatable bonds is 3. The first-order valence-corrected chi connectivity index (χ1v) is 11.5. The van der Waals surface area contributed by atoms with Crippen LogP contribution < -0.4 is 10.7 Å². The number of para-hydroxylation sites is 1. The molecule has 0 aliphatic heterocycles. The summed E-state index contributed by atoms with van der Waals surface area (Å²) in [7, 11) is -12.0. The summed E-state index contributed by atoms with van der Waals surface area (Å²) in [5.74, 6) is -1.24. The molecule has 0 aliphatic carbocycles. The molecule has 0 saturated heterocycles. The average Bonchev–Trinajstić information content (AvgIpc) is 2.97. The minimum atomic E-state index is -6.00. The number of carbonyl (C=O) groups is 1. The van der Waals surface area contributed by atoms with E-state index in [0.717, 1.165) is 28.2 Å². The van der Waals surface area contributed by atoms with Gasteiger partial charge in [0.15, 0.2) is 0 Å². The predicted octanol–water partition coefficient (Wildman–Crippen LogP) is 5.95. The Morgan fingerprint density at radius 1 is 0.568 bits per heavy atom. The maximum absolute atomic E-state index is 10.5. The van der Waals surface area contributed by atoms with Crippen molar-refractivity contribution in [1.29, 1.82) is 0 Å². The summed E-state index contributed by atoms with van der Waals surface area (Å²) in [5.41, 5.74) is 9.85. The van der Waals surface area contributed by atoms with E-state index in [2.05, 4.69) is 19.9 Å². The number of nitroso groups, excluding NO2 is 1. The third-order valence-corrected chi connectivity index (χ3v) is 4.41. The first-order chi connectivity index (χ1) is 20.2. The molecule has 0 aliphatic rings. The number of fused-ring (bicyclic) bond motifs is 1. The van der Waals surface area contributed by atoms with Crippen molar-refractivity contribution in [1.82, 2.24) is 25.5 Å². The Balaban J connectivity index is 0.000000623. The molecular formula is C25H17B2F8N5O3Ru. The van der Waals surface area contributed by atoms with Gasteiger partial charge in [-0.05, 0) is 48.5 Å². The zero-order valence-corrected chi connectivity index (χ0v) is 23.5. The van der Waals surface area contributed by atoms with Gasteiger partial charge in [-0.25, -0.2) is 9.97 Å². The second kappa shape index (κ2) is 19.5. The second-order valence-electron chi connectivity index (χ2n) is 7.50. The third kappa shape index (κ3) is 17.3. The summed E-state index contributed by atoms with van der Waals surface area (Å²) in [6.45, 7) is 0. The summed E-state index contributed by atoms with van der Waals surface area (Å²) < 4.78 is 78.0. The molecule has 0 saturated carbocycles. The number of carboxylic acids is 1. The van der Waals surface area contributed by atoms with Crippen molar-refractivity contribution in [3.63, 3.8) is 0 Å². The smallest absolute Gasteiger partial charge is 0.543 e. The van der Waals surface area contributed by atoms with E-state index in [1.165, 1.54) is 6.07 Å². The van der Waals surface area contributed by atoms with E-state index in [1.54, 1.807) is 24.5 Å². The van der Waals surface area contributed by atoms with E-state index < -0.39 is 20.5 Å². The molecule has 0 unspecified atom stereocenters. The molecule has 5 aromatic rings. The van der Waals surface area contributed by atoms with E-state index in [1.807, 2.05) is 72.8 Å². The number of pyridine rings is 4. The number of aromatic carboxylic acids is 1. The molecule has 0 atom stereocenters. The van der Waals surface area contributed by atoms with Crippen molar-refractivity contribution in [3.05, 3.63) is 114 Å². The van der Waals surface area contributed by atoms with Gasteiger partial charge in [0.05, 0.1) is 40.0 Å². The third-order valence-electron chi connectivity index (χ3n) is 4.41. The van der Waals surface area contributed by atoms with Crippen molar-refractivity contribution in [2.75, 3.05) is 0 Å². The fourth-order valence-corrected chi connectivity index (χ4v) is 2.93. The molecule has 0 fully saturated rings. The standard InChI is InChI=1S/C15H11N3.C10H7NO2.2BF4.NO.Ru/c1-3-10-16-12(6-1)14-8-5-9-15(18-14)13-7-2-4-11-17-13;12-10(13)9-6-5-7-3-1-2-4-8(7)11-9;2*2-1(3,4)5;1-2;/h1-11H;1-6H,(H,12,13);;;;/q;;2*-1;;+3/p-1. The Labute approximate surface area is 257 Å². The number of benzene rings is 1. The van der Waals surface area contributed by atoms with Crippen molar-refractivity contribution in [3.8, 4) is 22.8 Å². The quantitative estimate of drug-likeness (QED) is 0.167. The van der Waals surface area contributed by atoms with Crippen molar-refractivity contribution >= 4 is 31.4 Å². The average molecular weight is 710 g/mol. The molecule has 8 nitrogen and oxygen atoms in total. The first kappa shape index (κ1) is 39.3. The molecule has 1 aromatic carbocycles. The summed E-state index contributed by atoms with van der Waals surface area (Å²) in [6.07, 6.45) is 3.54. The van der Waals surface area contributed by atoms with Crippen LogP contribution >= 0.6 is 0 Å². The maximum Gasteiger partial charge on any atom is 3.00 e. The molecule has 4 heterocycles. The Morgan fingerprint density at radius 3 is 1.39 bits per heavy atom. The molecule has 230 valence electrons. The summed E-state index contributed by atoms with van der Waals surface area (Å²) in [4.78, 5) is 34.8. The fourth-order valence-electron chi connectivity index (χ4n) is 2.93. The number of hydrogen-bond donors (Lipinski definition) is 0. The van der Waals surface area contributed by atoms with Gasteiger partial charge in [0.1, 0.15) is 5.59 Å². The van der Waals surface area contributed by atoms with Gasteiger partial charge < -0.3 is 44.4 Å². The van der Waals surface area contributed by atoms with Gasteiger partial charge in [-0.15, -0.1) is 4.91 Å². The van der Waals surface area contributed by atoms with Crippen LogP contribution in [-0.4, -0.2) is 40.4 Å².